The summed E-state index contributed by atoms with van der Waals surface area (Å²) in [5.74, 6) is 0.812. The van der Waals surface area contributed by atoms with Gasteiger partial charge in [0.15, 0.2) is 0 Å². The smallest absolute Gasteiger partial charge is 0.132 e. The molecular weight excluding hydrogens is 274 g/mol. The number of nitrogens with zero attached hydrogens (tertiary/aromatic N) is 2. The molecule has 5 heteroatoms. The van der Waals surface area contributed by atoms with Gasteiger partial charge in [-0.15, -0.1) is 0 Å². The lowest BCUT2D eigenvalue weighted by Gasteiger charge is -2.13. The molecule has 20 heavy (non-hydrogen) atoms. The van der Waals surface area contributed by atoms with Gasteiger partial charge in [0.05, 0.1) is 5.69 Å². The Morgan fingerprint density at radius 2 is 2.20 bits per heavy atom. The number of halogens is 1. The lowest BCUT2D eigenvalue weighted by atomic mass is 10.2. The van der Waals surface area contributed by atoms with Crippen molar-refractivity contribution in [2.45, 2.75) is 26.5 Å². The highest BCUT2D eigenvalue weighted by Gasteiger charge is 2.08. The van der Waals surface area contributed by atoms with Crippen molar-refractivity contribution < 1.29 is 4.74 Å². The summed E-state index contributed by atoms with van der Waals surface area (Å²) < 4.78 is 7.61. The number of hydrogen-bond donors (Lipinski definition) is 1. The van der Waals surface area contributed by atoms with Crippen molar-refractivity contribution in [2.24, 2.45) is 7.05 Å². The molecule has 0 aliphatic heterocycles. The average Bonchev–Trinajstić information content (AvgIpc) is 2.85. The molecule has 0 amide bonds. The minimum atomic E-state index is 0.446. The molecule has 0 saturated carbocycles. The summed E-state index contributed by atoms with van der Waals surface area (Å²) in [6.45, 7) is 4.26. The van der Waals surface area contributed by atoms with Gasteiger partial charge < -0.3 is 10.1 Å². The highest BCUT2D eigenvalue weighted by molar-refractivity contribution is 6.31. The van der Waals surface area contributed by atoms with Gasteiger partial charge >= 0.3 is 0 Å². The molecule has 2 rings (SSSR count). The molecular formula is C15H20ClN3O. The van der Waals surface area contributed by atoms with Gasteiger partial charge in [-0.25, -0.2) is 0 Å². The minimum absolute atomic E-state index is 0.446. The van der Waals surface area contributed by atoms with Crippen LogP contribution in [0.5, 0.6) is 5.75 Å². The molecule has 0 atom stereocenters. The number of aryl methyl sites for hydroxylation is 1. The summed E-state index contributed by atoms with van der Waals surface area (Å²) in [5.41, 5.74) is 1.90. The van der Waals surface area contributed by atoms with Gasteiger partial charge in [0.1, 0.15) is 12.4 Å². The molecule has 1 N–H and O–H groups in total. The highest BCUT2D eigenvalue weighted by atomic mass is 35.5. The molecule has 0 fully saturated rings. The van der Waals surface area contributed by atoms with Crippen LogP contribution in [0.2, 0.25) is 5.02 Å². The molecule has 108 valence electrons. The Morgan fingerprint density at radius 3 is 2.90 bits per heavy atom. The number of aromatic nitrogens is 2. The molecule has 0 spiro atoms. The van der Waals surface area contributed by atoms with Gasteiger partial charge in [-0.3, -0.25) is 4.68 Å². The molecule has 0 aliphatic rings. The first kappa shape index (κ1) is 14.9. The van der Waals surface area contributed by atoms with Crippen LogP contribution in [0.1, 0.15) is 24.6 Å². The van der Waals surface area contributed by atoms with Crippen molar-refractivity contribution in [2.75, 3.05) is 6.54 Å². The van der Waals surface area contributed by atoms with Gasteiger partial charge in [0.2, 0.25) is 0 Å². The Bertz CT molecular complexity index is 554. The van der Waals surface area contributed by atoms with Crippen LogP contribution in [0.15, 0.2) is 30.5 Å². The zero-order valence-electron chi connectivity index (χ0n) is 11.9. The first-order chi connectivity index (χ1) is 9.70. The van der Waals surface area contributed by atoms with E-state index >= 15 is 0 Å². The van der Waals surface area contributed by atoms with Crippen LogP contribution in [0.3, 0.4) is 0 Å². The molecule has 2 aromatic rings. The van der Waals surface area contributed by atoms with Crippen molar-refractivity contribution in [1.82, 2.24) is 15.1 Å². The number of rotatable bonds is 7. The van der Waals surface area contributed by atoms with Crippen molar-refractivity contribution in [3.63, 3.8) is 0 Å². The van der Waals surface area contributed by atoms with E-state index in [2.05, 4.69) is 17.3 Å². The summed E-state index contributed by atoms with van der Waals surface area (Å²) >= 11 is 6.25. The van der Waals surface area contributed by atoms with Gasteiger partial charge in [0, 0.05) is 30.4 Å². The van der Waals surface area contributed by atoms with Gasteiger partial charge in [0.25, 0.3) is 0 Å². The maximum atomic E-state index is 6.25. The molecule has 1 aromatic carbocycles. The fourth-order valence-electron chi connectivity index (χ4n) is 1.93. The summed E-state index contributed by atoms with van der Waals surface area (Å²) in [6.07, 6.45) is 2.99. The van der Waals surface area contributed by atoms with E-state index in [9.17, 15) is 0 Å². The lowest BCUT2D eigenvalue weighted by Crippen LogP contribution is -2.15. The van der Waals surface area contributed by atoms with Gasteiger partial charge in [-0.1, -0.05) is 24.6 Å². The monoisotopic (exact) mass is 293 g/mol. The normalized spacial score (nSPS) is 10.8. The largest absolute Gasteiger partial charge is 0.487 e. The van der Waals surface area contributed by atoms with Crippen molar-refractivity contribution >= 4 is 11.6 Å². The van der Waals surface area contributed by atoms with Crippen molar-refractivity contribution in [1.29, 1.82) is 0 Å². The van der Waals surface area contributed by atoms with Crippen LogP contribution < -0.4 is 10.1 Å². The second kappa shape index (κ2) is 7.31. The summed E-state index contributed by atoms with van der Waals surface area (Å²) in [7, 11) is 1.89. The SMILES string of the molecule is CCCNCc1c(Cl)cccc1OCc1ccn(C)n1. The Hall–Kier alpha value is -1.52. The molecule has 0 aliphatic carbocycles. The third-order valence-corrected chi connectivity index (χ3v) is 3.30. The second-order valence-corrected chi connectivity index (χ2v) is 5.07. The van der Waals surface area contributed by atoms with E-state index < -0.39 is 0 Å². The fourth-order valence-corrected chi connectivity index (χ4v) is 2.16. The number of ether oxygens (including phenoxy) is 1. The molecule has 4 nitrogen and oxygen atoms in total. The van der Waals surface area contributed by atoms with E-state index in [0.717, 1.165) is 35.0 Å². The first-order valence-corrected chi connectivity index (χ1v) is 7.18. The minimum Gasteiger partial charge on any atom is -0.487 e. The van der Waals surface area contributed by atoms with Crippen molar-refractivity contribution in [3.05, 3.63) is 46.7 Å². The standard InChI is InChI=1S/C15H20ClN3O/c1-3-8-17-10-13-14(16)5-4-6-15(13)20-11-12-7-9-19(2)18-12/h4-7,9,17H,3,8,10-11H2,1-2H3. The lowest BCUT2D eigenvalue weighted by molar-refractivity contribution is 0.296. The summed E-state index contributed by atoms with van der Waals surface area (Å²) in [5, 5.41) is 8.38. The Morgan fingerprint density at radius 1 is 1.35 bits per heavy atom. The second-order valence-electron chi connectivity index (χ2n) is 4.66. The van der Waals surface area contributed by atoms with E-state index in [-0.39, 0.29) is 0 Å². The maximum Gasteiger partial charge on any atom is 0.132 e. The molecule has 0 unspecified atom stereocenters. The van der Waals surface area contributed by atoms with Crippen LogP contribution in [0.25, 0.3) is 0 Å². The molecule has 1 aromatic heterocycles. The summed E-state index contributed by atoms with van der Waals surface area (Å²) in [6, 6.07) is 7.68. The van der Waals surface area contributed by atoms with E-state index in [1.54, 1.807) is 4.68 Å². The van der Waals surface area contributed by atoms with Crippen molar-refractivity contribution in [3.8, 4) is 5.75 Å². The maximum absolute atomic E-state index is 6.25. The third-order valence-electron chi connectivity index (χ3n) is 2.95. The molecule has 0 radical (unpaired) electrons. The van der Waals surface area contributed by atoms with Crippen LogP contribution in [0.4, 0.5) is 0 Å². The molecule has 0 saturated heterocycles. The molecule has 0 bridgehead atoms. The predicted octanol–water partition coefficient (Wildman–Crippen LogP) is 3.15. The van der Waals surface area contributed by atoms with Gasteiger partial charge in [-0.2, -0.15) is 5.10 Å². The number of nitrogens with one attached hydrogen (secondary N) is 1. The van der Waals surface area contributed by atoms with E-state index in [1.165, 1.54) is 0 Å². The summed E-state index contributed by atoms with van der Waals surface area (Å²) in [4.78, 5) is 0. The Balaban J connectivity index is 2.04. The zero-order valence-corrected chi connectivity index (χ0v) is 12.7. The molecule has 1 heterocycles. The van der Waals surface area contributed by atoms with E-state index in [4.69, 9.17) is 16.3 Å². The zero-order chi connectivity index (χ0) is 14.4. The van der Waals surface area contributed by atoms with Crippen LogP contribution in [-0.2, 0) is 20.2 Å². The number of benzene rings is 1. The number of hydrogen-bond acceptors (Lipinski definition) is 3. The fraction of sp³-hybridized carbons (Fsp3) is 0.400. The van der Waals surface area contributed by atoms with E-state index in [0.29, 0.717) is 13.2 Å². The van der Waals surface area contributed by atoms with E-state index in [1.807, 2.05) is 37.5 Å². The Kier molecular flexibility index (Phi) is 5.44. The van der Waals surface area contributed by atoms with Crippen LogP contribution in [-0.4, -0.2) is 16.3 Å². The quantitative estimate of drug-likeness (QED) is 0.797. The predicted molar refractivity (Wildman–Crippen MR) is 81.0 cm³/mol. The van der Waals surface area contributed by atoms with Gasteiger partial charge in [-0.05, 0) is 31.2 Å². The average molecular weight is 294 g/mol. The Labute approximate surface area is 124 Å². The third kappa shape index (κ3) is 3.99. The highest BCUT2D eigenvalue weighted by Crippen LogP contribution is 2.26. The topological polar surface area (TPSA) is 39.1 Å². The first-order valence-electron chi connectivity index (χ1n) is 6.80. The van der Waals surface area contributed by atoms with Crippen LogP contribution in [0, 0.1) is 0 Å². The van der Waals surface area contributed by atoms with Crippen LogP contribution >= 0.6 is 11.6 Å².